The zero-order valence-corrected chi connectivity index (χ0v) is 12.8. The van der Waals surface area contributed by atoms with Gasteiger partial charge in [-0.2, -0.15) is 0 Å². The van der Waals surface area contributed by atoms with Gasteiger partial charge in [0.1, 0.15) is 6.23 Å². The van der Waals surface area contributed by atoms with Crippen molar-refractivity contribution in [3.63, 3.8) is 0 Å². The van der Waals surface area contributed by atoms with E-state index in [0.717, 1.165) is 19.0 Å². The van der Waals surface area contributed by atoms with Crippen LogP contribution in [0.4, 0.5) is 0 Å². The summed E-state index contributed by atoms with van der Waals surface area (Å²) < 4.78 is 6.60. The van der Waals surface area contributed by atoms with Gasteiger partial charge in [0.05, 0.1) is 6.10 Å². The Hall–Kier alpha value is -0.670. The van der Waals surface area contributed by atoms with E-state index in [2.05, 4.69) is 25.7 Å². The Morgan fingerprint density at radius 3 is 3.00 bits per heavy atom. The predicted octanol–water partition coefficient (Wildman–Crippen LogP) is 2.61. The van der Waals surface area contributed by atoms with E-state index in [-0.39, 0.29) is 11.6 Å². The van der Waals surface area contributed by atoms with Gasteiger partial charge < -0.3 is 4.74 Å². The van der Waals surface area contributed by atoms with Crippen molar-refractivity contribution < 1.29 is 9.53 Å². The zero-order valence-electron chi connectivity index (χ0n) is 12.8. The Kier molecular flexibility index (Phi) is 2.72. The Morgan fingerprint density at radius 1 is 1.40 bits per heavy atom. The van der Waals surface area contributed by atoms with Crippen molar-refractivity contribution in [3.05, 3.63) is 11.6 Å². The lowest BCUT2D eigenvalue weighted by molar-refractivity contribution is -0.221. The molecule has 3 heteroatoms. The molecule has 3 fully saturated rings. The first kappa shape index (κ1) is 13.0. The number of carbonyl (C=O) groups is 1. The molecule has 20 heavy (non-hydrogen) atoms. The van der Waals surface area contributed by atoms with E-state index in [9.17, 15) is 4.79 Å². The molecule has 0 aromatic heterocycles. The van der Waals surface area contributed by atoms with Crippen molar-refractivity contribution >= 4 is 5.78 Å². The second-order valence-corrected chi connectivity index (χ2v) is 8.04. The second-order valence-electron chi connectivity index (χ2n) is 8.04. The molecule has 4 unspecified atom stereocenters. The molecular formula is C17H25NO2. The number of allylic oxidation sites excluding steroid dienone is 1. The number of ether oxygens (including phenoxy) is 1. The first-order valence-electron chi connectivity index (χ1n) is 8.08. The van der Waals surface area contributed by atoms with E-state index in [1.165, 1.54) is 18.4 Å². The van der Waals surface area contributed by atoms with Gasteiger partial charge in [0.2, 0.25) is 0 Å². The maximum Gasteiger partial charge on any atom is 0.156 e. The monoisotopic (exact) mass is 275 g/mol. The van der Waals surface area contributed by atoms with Crippen LogP contribution in [0.2, 0.25) is 0 Å². The molecule has 110 valence electrons. The summed E-state index contributed by atoms with van der Waals surface area (Å²) in [5.74, 6) is 2.05. The molecule has 0 bridgehead atoms. The molecule has 3 nitrogen and oxygen atoms in total. The predicted molar refractivity (Wildman–Crippen MR) is 77.1 cm³/mol. The summed E-state index contributed by atoms with van der Waals surface area (Å²) in [4.78, 5) is 14.1. The molecule has 0 amide bonds. The smallest absolute Gasteiger partial charge is 0.156 e. The fraction of sp³-hybridized carbons (Fsp3) is 0.824. The van der Waals surface area contributed by atoms with E-state index in [4.69, 9.17) is 4.74 Å². The summed E-state index contributed by atoms with van der Waals surface area (Å²) >= 11 is 0. The normalized spacial score (nSPS) is 46.6. The number of hydrogen-bond acceptors (Lipinski definition) is 3. The molecule has 4 aliphatic rings. The van der Waals surface area contributed by atoms with Crippen LogP contribution in [0.3, 0.4) is 0 Å². The van der Waals surface area contributed by atoms with Crippen LogP contribution in [0, 0.1) is 23.2 Å². The Morgan fingerprint density at radius 2 is 2.20 bits per heavy atom. The van der Waals surface area contributed by atoms with E-state index in [1.807, 2.05) is 6.08 Å². The average molecular weight is 275 g/mol. The Labute approximate surface area is 121 Å². The first-order valence-corrected chi connectivity index (χ1v) is 8.08. The average Bonchev–Trinajstić information content (AvgIpc) is 2.88. The van der Waals surface area contributed by atoms with Gasteiger partial charge in [-0.3, -0.25) is 9.69 Å². The van der Waals surface area contributed by atoms with Gasteiger partial charge in [-0.1, -0.05) is 20.8 Å². The Bertz CT molecular complexity index is 481. The molecule has 0 radical (unpaired) electrons. The fourth-order valence-corrected chi connectivity index (χ4v) is 4.91. The van der Waals surface area contributed by atoms with E-state index < -0.39 is 0 Å². The molecule has 2 aliphatic carbocycles. The molecule has 1 saturated carbocycles. The molecule has 2 saturated heterocycles. The molecule has 4 rings (SSSR count). The third-order valence-corrected chi connectivity index (χ3v) is 6.20. The van der Waals surface area contributed by atoms with Crippen LogP contribution in [0.5, 0.6) is 0 Å². The summed E-state index contributed by atoms with van der Waals surface area (Å²) in [5, 5.41) is 0. The second kappa shape index (κ2) is 4.17. The Balaban J connectivity index is 1.63. The number of ketones is 1. The highest BCUT2D eigenvalue weighted by Crippen LogP contribution is 2.50. The largest absolute Gasteiger partial charge is 0.358 e. The van der Waals surface area contributed by atoms with Gasteiger partial charge in [-0.25, -0.2) is 0 Å². The lowest BCUT2D eigenvalue weighted by Gasteiger charge is -2.53. The van der Waals surface area contributed by atoms with E-state index in [1.54, 1.807) is 0 Å². The highest BCUT2D eigenvalue weighted by atomic mass is 16.5. The summed E-state index contributed by atoms with van der Waals surface area (Å²) in [6.45, 7) is 9.21. The zero-order chi connectivity index (χ0) is 14.1. The van der Waals surface area contributed by atoms with Crippen LogP contribution in [-0.4, -0.2) is 36.1 Å². The van der Waals surface area contributed by atoms with Gasteiger partial charge in [-0.05, 0) is 35.8 Å². The number of fused-ring (bicyclic) bond motifs is 4. The van der Waals surface area contributed by atoms with Crippen molar-refractivity contribution in [1.29, 1.82) is 0 Å². The fourth-order valence-electron chi connectivity index (χ4n) is 4.91. The minimum absolute atomic E-state index is 0.165. The maximum absolute atomic E-state index is 11.6. The molecule has 2 heterocycles. The van der Waals surface area contributed by atoms with Gasteiger partial charge in [0.15, 0.2) is 5.78 Å². The topological polar surface area (TPSA) is 29.5 Å². The van der Waals surface area contributed by atoms with Gasteiger partial charge in [0.25, 0.3) is 0 Å². The van der Waals surface area contributed by atoms with Crippen LogP contribution in [0.25, 0.3) is 0 Å². The molecule has 0 aromatic rings. The highest BCUT2D eigenvalue weighted by molar-refractivity contribution is 5.94. The molecule has 5 atom stereocenters. The molecule has 2 aliphatic heterocycles. The lowest BCUT2D eigenvalue weighted by Crippen LogP contribution is -2.58. The third-order valence-electron chi connectivity index (χ3n) is 6.20. The number of hydrogen-bond donors (Lipinski definition) is 0. The first-order chi connectivity index (χ1) is 9.45. The summed E-state index contributed by atoms with van der Waals surface area (Å²) in [6, 6.07) is 0. The molecular weight excluding hydrogens is 250 g/mol. The molecule has 0 N–H and O–H groups in total. The molecule has 0 spiro atoms. The third kappa shape index (κ3) is 1.75. The number of carbonyl (C=O) groups excluding carboxylic acids is 1. The number of nitrogens with zero attached hydrogens (tertiary/aromatic N) is 1. The van der Waals surface area contributed by atoms with Crippen molar-refractivity contribution in [2.75, 3.05) is 13.1 Å². The summed E-state index contributed by atoms with van der Waals surface area (Å²) in [5.41, 5.74) is 1.60. The van der Waals surface area contributed by atoms with Crippen LogP contribution < -0.4 is 0 Å². The van der Waals surface area contributed by atoms with Crippen LogP contribution in [-0.2, 0) is 9.53 Å². The van der Waals surface area contributed by atoms with Crippen molar-refractivity contribution in [2.24, 2.45) is 23.2 Å². The standard InChI is InChI=1S/C17H25NO2/c1-10-4-5-17(2,3)15-14(10)9-18-8-11-6-12(19)7-13(11)16(18)20-15/h6,10,13-16H,4-5,7-9H2,1-3H3/t10?,13-,14?,15?,16?/m1/s1. The number of rotatable bonds is 0. The van der Waals surface area contributed by atoms with Gasteiger partial charge in [-0.15, -0.1) is 0 Å². The lowest BCUT2D eigenvalue weighted by atomic mass is 9.64. The molecule has 0 aromatic carbocycles. The summed E-state index contributed by atoms with van der Waals surface area (Å²) in [7, 11) is 0. The van der Waals surface area contributed by atoms with Gasteiger partial charge in [0, 0.05) is 31.3 Å². The van der Waals surface area contributed by atoms with Gasteiger partial charge >= 0.3 is 0 Å². The SMILES string of the molecule is CC1CCC(C)(C)C2OC3[C@@H]4CC(=O)C=C4CN3CC12. The highest BCUT2D eigenvalue weighted by Gasteiger charge is 2.53. The summed E-state index contributed by atoms with van der Waals surface area (Å²) in [6.07, 6.45) is 5.66. The van der Waals surface area contributed by atoms with Crippen LogP contribution in [0.15, 0.2) is 11.6 Å². The van der Waals surface area contributed by atoms with Crippen molar-refractivity contribution in [1.82, 2.24) is 4.90 Å². The van der Waals surface area contributed by atoms with E-state index >= 15 is 0 Å². The minimum Gasteiger partial charge on any atom is -0.358 e. The van der Waals surface area contributed by atoms with Crippen LogP contribution in [0.1, 0.15) is 40.0 Å². The quantitative estimate of drug-likeness (QED) is 0.680. The van der Waals surface area contributed by atoms with Crippen molar-refractivity contribution in [2.45, 2.75) is 52.4 Å². The maximum atomic E-state index is 11.6. The van der Waals surface area contributed by atoms with Crippen LogP contribution >= 0.6 is 0 Å². The van der Waals surface area contributed by atoms with Crippen molar-refractivity contribution in [3.8, 4) is 0 Å². The minimum atomic E-state index is 0.165. The van der Waals surface area contributed by atoms with E-state index in [0.29, 0.717) is 30.1 Å².